The van der Waals surface area contributed by atoms with Crippen LogP contribution in [0.25, 0.3) is 0 Å². The van der Waals surface area contributed by atoms with E-state index >= 15 is 0 Å². The molecule has 3 nitrogen and oxygen atoms in total. The Hall–Kier alpha value is -0.830. The minimum Gasteiger partial charge on any atom is -0.328 e. The summed E-state index contributed by atoms with van der Waals surface area (Å²) in [4.78, 5) is 0. The molecular formula is C11H19N3. The maximum atomic E-state index is 5.77. The first kappa shape index (κ1) is 9.71. The number of hydrogen-bond acceptors (Lipinski definition) is 2. The van der Waals surface area contributed by atoms with Crippen molar-refractivity contribution in [2.75, 3.05) is 0 Å². The maximum absolute atomic E-state index is 5.77. The summed E-state index contributed by atoms with van der Waals surface area (Å²) < 4.78 is 2.02. The van der Waals surface area contributed by atoms with E-state index in [1.165, 1.54) is 24.2 Å². The molecule has 2 rings (SSSR count). The molecule has 1 aliphatic carbocycles. The number of aromatic nitrogens is 2. The van der Waals surface area contributed by atoms with E-state index in [4.69, 9.17) is 5.73 Å². The number of nitrogens with two attached hydrogens (primary N) is 1. The standard InChI is InChI=1S/C11H19N3/c1-3-10-7-11(14(2)13-10)6-8-4-9(12)5-8/h7-9H,3-6,12H2,1-2H3. The Kier molecular flexibility index (Phi) is 2.59. The van der Waals surface area contributed by atoms with E-state index in [1.54, 1.807) is 0 Å². The van der Waals surface area contributed by atoms with Crippen molar-refractivity contribution in [2.45, 2.75) is 38.6 Å². The topological polar surface area (TPSA) is 43.8 Å². The molecule has 0 unspecified atom stereocenters. The molecule has 1 saturated carbocycles. The molecule has 0 aliphatic heterocycles. The average molecular weight is 193 g/mol. The van der Waals surface area contributed by atoms with Crippen LogP contribution in [0.3, 0.4) is 0 Å². The Balaban J connectivity index is 1.98. The van der Waals surface area contributed by atoms with E-state index in [0.717, 1.165) is 18.8 Å². The van der Waals surface area contributed by atoms with Crippen molar-refractivity contribution in [3.63, 3.8) is 0 Å². The summed E-state index contributed by atoms with van der Waals surface area (Å²) >= 11 is 0. The lowest BCUT2D eigenvalue weighted by molar-refractivity contribution is 0.260. The zero-order valence-corrected chi connectivity index (χ0v) is 9.03. The summed E-state index contributed by atoms with van der Waals surface area (Å²) in [6.45, 7) is 2.14. The van der Waals surface area contributed by atoms with Crippen LogP contribution in [0.1, 0.15) is 31.2 Å². The van der Waals surface area contributed by atoms with E-state index in [2.05, 4.69) is 18.1 Å². The lowest BCUT2D eigenvalue weighted by Gasteiger charge is -2.32. The highest BCUT2D eigenvalue weighted by Crippen LogP contribution is 2.29. The van der Waals surface area contributed by atoms with Crippen molar-refractivity contribution in [3.8, 4) is 0 Å². The fourth-order valence-corrected chi connectivity index (χ4v) is 2.19. The van der Waals surface area contributed by atoms with Gasteiger partial charge in [0.15, 0.2) is 0 Å². The van der Waals surface area contributed by atoms with Crippen LogP contribution in [-0.2, 0) is 19.9 Å². The van der Waals surface area contributed by atoms with Gasteiger partial charge in [-0.15, -0.1) is 0 Å². The van der Waals surface area contributed by atoms with E-state index in [9.17, 15) is 0 Å². The second-order valence-corrected chi connectivity index (χ2v) is 4.41. The second kappa shape index (κ2) is 3.73. The largest absolute Gasteiger partial charge is 0.328 e. The molecule has 1 heterocycles. The first-order valence-electron chi connectivity index (χ1n) is 5.46. The van der Waals surface area contributed by atoms with Crippen LogP contribution in [0, 0.1) is 5.92 Å². The molecule has 2 N–H and O–H groups in total. The summed E-state index contributed by atoms with van der Waals surface area (Å²) in [6.07, 6.45) is 4.55. The van der Waals surface area contributed by atoms with E-state index in [1.807, 2.05) is 11.7 Å². The zero-order valence-electron chi connectivity index (χ0n) is 9.03. The minimum atomic E-state index is 0.457. The highest BCUT2D eigenvalue weighted by Gasteiger charge is 2.26. The van der Waals surface area contributed by atoms with Crippen LogP contribution in [-0.4, -0.2) is 15.8 Å². The van der Waals surface area contributed by atoms with Crippen molar-refractivity contribution < 1.29 is 0 Å². The first-order chi connectivity index (χ1) is 6.69. The molecule has 0 radical (unpaired) electrons. The van der Waals surface area contributed by atoms with Crippen molar-refractivity contribution >= 4 is 0 Å². The zero-order chi connectivity index (χ0) is 10.1. The monoisotopic (exact) mass is 193 g/mol. The molecule has 0 amide bonds. The predicted molar refractivity (Wildman–Crippen MR) is 57.0 cm³/mol. The van der Waals surface area contributed by atoms with Crippen LogP contribution >= 0.6 is 0 Å². The van der Waals surface area contributed by atoms with Gasteiger partial charge in [0.1, 0.15) is 0 Å². The summed E-state index contributed by atoms with van der Waals surface area (Å²) in [5.41, 5.74) is 8.33. The van der Waals surface area contributed by atoms with Gasteiger partial charge in [0, 0.05) is 18.8 Å². The second-order valence-electron chi connectivity index (χ2n) is 4.41. The molecule has 1 aromatic heterocycles. The van der Waals surface area contributed by atoms with Crippen molar-refractivity contribution in [3.05, 3.63) is 17.5 Å². The van der Waals surface area contributed by atoms with Crippen LogP contribution in [0.15, 0.2) is 6.07 Å². The van der Waals surface area contributed by atoms with Crippen LogP contribution in [0.5, 0.6) is 0 Å². The molecule has 1 aromatic rings. The summed E-state index contributed by atoms with van der Waals surface area (Å²) in [7, 11) is 2.03. The van der Waals surface area contributed by atoms with Crippen LogP contribution in [0.4, 0.5) is 0 Å². The molecule has 0 bridgehead atoms. The Morgan fingerprint density at radius 3 is 2.79 bits per heavy atom. The van der Waals surface area contributed by atoms with Crippen molar-refractivity contribution in [1.82, 2.24) is 9.78 Å². The third-order valence-electron chi connectivity index (χ3n) is 3.16. The fraction of sp³-hybridized carbons (Fsp3) is 0.727. The molecule has 0 saturated heterocycles. The number of aryl methyl sites for hydroxylation is 2. The van der Waals surface area contributed by atoms with Gasteiger partial charge in [0.25, 0.3) is 0 Å². The van der Waals surface area contributed by atoms with Gasteiger partial charge in [-0.1, -0.05) is 6.92 Å². The Labute approximate surface area is 85.3 Å². The summed E-state index contributed by atoms with van der Waals surface area (Å²) in [5.74, 6) is 0.796. The third kappa shape index (κ3) is 1.82. The van der Waals surface area contributed by atoms with Gasteiger partial charge in [0.05, 0.1) is 5.69 Å². The Morgan fingerprint density at radius 2 is 2.29 bits per heavy atom. The van der Waals surface area contributed by atoms with E-state index in [-0.39, 0.29) is 0 Å². The van der Waals surface area contributed by atoms with Gasteiger partial charge >= 0.3 is 0 Å². The molecule has 0 aromatic carbocycles. The maximum Gasteiger partial charge on any atom is 0.0624 e. The molecule has 3 heteroatoms. The summed E-state index contributed by atoms with van der Waals surface area (Å²) in [6, 6.07) is 2.68. The van der Waals surface area contributed by atoms with Crippen molar-refractivity contribution in [1.29, 1.82) is 0 Å². The highest BCUT2D eigenvalue weighted by molar-refractivity contribution is 5.11. The van der Waals surface area contributed by atoms with Crippen LogP contribution in [0.2, 0.25) is 0 Å². The smallest absolute Gasteiger partial charge is 0.0624 e. The molecule has 1 fully saturated rings. The van der Waals surface area contributed by atoms with Gasteiger partial charge in [-0.05, 0) is 37.7 Å². The summed E-state index contributed by atoms with van der Waals surface area (Å²) in [5, 5.41) is 4.45. The minimum absolute atomic E-state index is 0.457. The van der Waals surface area contributed by atoms with Gasteiger partial charge in [0.2, 0.25) is 0 Å². The lowest BCUT2D eigenvalue weighted by atomic mass is 9.78. The molecule has 14 heavy (non-hydrogen) atoms. The van der Waals surface area contributed by atoms with Gasteiger partial charge < -0.3 is 5.73 Å². The van der Waals surface area contributed by atoms with Crippen LogP contribution < -0.4 is 5.73 Å². The first-order valence-corrected chi connectivity index (χ1v) is 5.46. The number of nitrogens with zero attached hydrogens (tertiary/aromatic N) is 2. The number of hydrogen-bond donors (Lipinski definition) is 1. The lowest BCUT2D eigenvalue weighted by Crippen LogP contribution is -2.37. The predicted octanol–water partition coefficient (Wildman–Crippen LogP) is 1.26. The van der Waals surface area contributed by atoms with Crippen molar-refractivity contribution in [2.24, 2.45) is 18.7 Å². The molecule has 1 aliphatic rings. The SMILES string of the molecule is CCc1cc(CC2CC(N)C2)n(C)n1. The normalized spacial score (nSPS) is 26.2. The fourth-order valence-electron chi connectivity index (χ4n) is 2.19. The van der Waals surface area contributed by atoms with Gasteiger partial charge in [-0.3, -0.25) is 4.68 Å². The third-order valence-corrected chi connectivity index (χ3v) is 3.16. The quantitative estimate of drug-likeness (QED) is 0.785. The molecule has 0 spiro atoms. The van der Waals surface area contributed by atoms with Gasteiger partial charge in [-0.25, -0.2) is 0 Å². The van der Waals surface area contributed by atoms with Gasteiger partial charge in [-0.2, -0.15) is 5.10 Å². The highest BCUT2D eigenvalue weighted by atomic mass is 15.3. The average Bonchev–Trinajstić information content (AvgIpc) is 2.45. The van der Waals surface area contributed by atoms with E-state index in [0.29, 0.717) is 6.04 Å². The molecular weight excluding hydrogens is 174 g/mol. The van der Waals surface area contributed by atoms with E-state index < -0.39 is 0 Å². The Morgan fingerprint density at radius 1 is 1.57 bits per heavy atom. The number of rotatable bonds is 3. The molecule has 0 atom stereocenters. The Bertz CT molecular complexity index is 310. The molecule has 78 valence electrons.